The topological polar surface area (TPSA) is 92.7 Å². The first-order valence-corrected chi connectivity index (χ1v) is 11.0. The summed E-state index contributed by atoms with van der Waals surface area (Å²) in [4.78, 5) is 0.329. The molecule has 1 heterocycles. The van der Waals surface area contributed by atoms with Gasteiger partial charge >= 0.3 is 6.18 Å². The van der Waals surface area contributed by atoms with Crippen LogP contribution in [0.1, 0.15) is 5.69 Å². The number of nitrogens with one attached hydrogen (secondary N) is 1. The van der Waals surface area contributed by atoms with Crippen molar-refractivity contribution in [3.05, 3.63) is 48.2 Å². The fourth-order valence-electron chi connectivity index (χ4n) is 3.09. The lowest BCUT2D eigenvalue weighted by Crippen LogP contribution is -2.18. The normalized spacial score (nSPS) is 12.4. The van der Waals surface area contributed by atoms with Gasteiger partial charge in [0.05, 0.1) is 35.4 Å². The molecule has 0 aliphatic rings. The van der Waals surface area contributed by atoms with Crippen LogP contribution in [0.5, 0.6) is 5.75 Å². The molecule has 31 heavy (non-hydrogen) atoms. The number of alkyl halides is 3. The lowest BCUT2D eigenvalue weighted by atomic mass is 10.2. The molecule has 10 heteroatoms. The average molecular weight is 453 g/mol. The van der Waals surface area contributed by atoms with Crippen LogP contribution in [0.2, 0.25) is 0 Å². The number of anilines is 2. The minimum Gasteiger partial charge on any atom is -0.495 e. The van der Waals surface area contributed by atoms with E-state index < -0.39 is 23.3 Å². The van der Waals surface area contributed by atoms with E-state index in [0.717, 1.165) is 4.57 Å². The van der Waals surface area contributed by atoms with Crippen molar-refractivity contribution in [2.75, 3.05) is 31.0 Å². The van der Waals surface area contributed by atoms with Gasteiger partial charge in [-0.1, -0.05) is 12.0 Å². The maximum atomic E-state index is 13.1. The van der Waals surface area contributed by atoms with Crippen LogP contribution in [0.4, 0.5) is 24.5 Å². The summed E-state index contributed by atoms with van der Waals surface area (Å²) in [6.45, 7) is -1.04. The van der Waals surface area contributed by atoms with Crippen molar-refractivity contribution in [2.45, 2.75) is 17.6 Å². The summed E-state index contributed by atoms with van der Waals surface area (Å²) in [7, 11) is -1.45. The fourth-order valence-corrected chi connectivity index (χ4v) is 3.75. The Kier molecular flexibility index (Phi) is 6.31. The van der Waals surface area contributed by atoms with Crippen molar-refractivity contribution in [1.82, 2.24) is 4.57 Å². The van der Waals surface area contributed by atoms with Gasteiger partial charge in [-0.15, -0.1) is 0 Å². The molecule has 1 aromatic heterocycles. The zero-order valence-corrected chi connectivity index (χ0v) is 17.6. The Morgan fingerprint density at radius 1 is 1.19 bits per heavy atom. The summed E-state index contributed by atoms with van der Waals surface area (Å²) in [6, 6.07) is 11.0. The van der Waals surface area contributed by atoms with Gasteiger partial charge in [0.15, 0.2) is 0 Å². The highest BCUT2D eigenvalue weighted by atomic mass is 32.3. The molecular formula is C21H22F3N3O3S. The first-order valence-electron chi connectivity index (χ1n) is 9.08. The molecule has 2 aromatic carbocycles. The number of halogens is 3. The maximum absolute atomic E-state index is 13.1. The number of hydrogen-bond donors (Lipinski definition) is 4. The van der Waals surface area contributed by atoms with Crippen LogP contribution in [0.3, 0.4) is 0 Å². The summed E-state index contributed by atoms with van der Waals surface area (Å²) >= 11 is 0. The molecule has 5 N–H and O–H groups in total. The molecule has 0 radical (unpaired) electrons. The summed E-state index contributed by atoms with van der Waals surface area (Å²) in [6.07, 6.45) is -3.09. The SMILES string of the molecule is COc1cc(S(C)(O)O)ccc1NCC#Cc1cc2c(N)cccc2n1CC(F)(F)F. The third-order valence-electron chi connectivity index (χ3n) is 4.52. The van der Waals surface area contributed by atoms with E-state index >= 15 is 0 Å². The number of nitrogens with zero attached hydrogens (tertiary/aromatic N) is 1. The highest BCUT2D eigenvalue weighted by molar-refractivity contribution is 8.23. The summed E-state index contributed by atoms with van der Waals surface area (Å²) in [5.41, 5.74) is 7.41. The van der Waals surface area contributed by atoms with Gasteiger partial charge < -0.3 is 20.4 Å². The second kappa shape index (κ2) is 8.63. The van der Waals surface area contributed by atoms with Crippen molar-refractivity contribution >= 4 is 32.9 Å². The van der Waals surface area contributed by atoms with Crippen LogP contribution in [0.15, 0.2) is 47.4 Å². The number of rotatable bonds is 5. The molecule has 3 rings (SSSR count). The van der Waals surface area contributed by atoms with Gasteiger partial charge in [0.1, 0.15) is 12.3 Å². The lowest BCUT2D eigenvalue weighted by Gasteiger charge is -2.27. The number of nitrogen functional groups attached to an aromatic ring is 1. The number of hydrogen-bond acceptors (Lipinski definition) is 5. The van der Waals surface area contributed by atoms with E-state index in [2.05, 4.69) is 17.2 Å². The predicted molar refractivity (Wildman–Crippen MR) is 118 cm³/mol. The van der Waals surface area contributed by atoms with Crippen molar-refractivity contribution in [3.63, 3.8) is 0 Å². The van der Waals surface area contributed by atoms with Crippen LogP contribution < -0.4 is 15.8 Å². The molecular weight excluding hydrogens is 431 g/mol. The second-order valence-corrected chi connectivity index (χ2v) is 9.00. The monoisotopic (exact) mass is 453 g/mol. The Morgan fingerprint density at radius 2 is 1.94 bits per heavy atom. The Morgan fingerprint density at radius 3 is 2.58 bits per heavy atom. The number of ether oxygens (including phenoxy) is 1. The summed E-state index contributed by atoms with van der Waals surface area (Å²) in [5, 5.41) is 3.53. The molecule has 0 amide bonds. The third kappa shape index (κ3) is 5.38. The Balaban J connectivity index is 1.85. The number of nitrogens with two attached hydrogens (primary N) is 1. The lowest BCUT2D eigenvalue weighted by molar-refractivity contribution is -0.140. The van der Waals surface area contributed by atoms with Crippen LogP contribution in [-0.4, -0.2) is 39.8 Å². The smallest absolute Gasteiger partial charge is 0.406 e. The van der Waals surface area contributed by atoms with Crippen LogP contribution in [0.25, 0.3) is 10.9 Å². The zero-order valence-electron chi connectivity index (χ0n) is 16.8. The molecule has 3 aromatic rings. The zero-order chi connectivity index (χ0) is 22.8. The first-order chi connectivity index (χ1) is 14.5. The average Bonchev–Trinajstić information content (AvgIpc) is 3.02. The Labute approximate surface area is 179 Å². The van der Waals surface area contributed by atoms with E-state index in [0.29, 0.717) is 32.9 Å². The molecule has 0 bridgehead atoms. The number of benzene rings is 2. The van der Waals surface area contributed by atoms with Crippen LogP contribution in [-0.2, 0) is 6.54 Å². The van der Waals surface area contributed by atoms with Gasteiger partial charge in [0.25, 0.3) is 0 Å². The van der Waals surface area contributed by atoms with E-state index in [1.54, 1.807) is 36.4 Å². The molecule has 6 nitrogen and oxygen atoms in total. The van der Waals surface area contributed by atoms with E-state index in [4.69, 9.17) is 10.5 Å². The second-order valence-electron chi connectivity index (χ2n) is 6.86. The molecule has 0 fully saturated rings. The minimum atomic E-state index is -4.41. The minimum absolute atomic E-state index is 0.126. The highest BCUT2D eigenvalue weighted by Gasteiger charge is 2.29. The van der Waals surface area contributed by atoms with Crippen molar-refractivity contribution in [3.8, 4) is 17.6 Å². The van der Waals surface area contributed by atoms with Gasteiger partial charge in [0.2, 0.25) is 0 Å². The molecule has 166 valence electrons. The largest absolute Gasteiger partial charge is 0.495 e. The molecule has 0 unspecified atom stereocenters. The molecule has 0 saturated carbocycles. The predicted octanol–water partition coefficient (Wildman–Crippen LogP) is 5.00. The molecule has 0 aliphatic heterocycles. The van der Waals surface area contributed by atoms with E-state index in [-0.39, 0.29) is 12.2 Å². The number of fused-ring (bicyclic) bond motifs is 1. The van der Waals surface area contributed by atoms with E-state index in [1.807, 2.05) is 0 Å². The van der Waals surface area contributed by atoms with Crippen molar-refractivity contribution in [2.24, 2.45) is 0 Å². The van der Waals surface area contributed by atoms with Crippen LogP contribution >= 0.6 is 10.6 Å². The van der Waals surface area contributed by atoms with E-state index in [9.17, 15) is 22.3 Å². The Hall–Kier alpha value is -3.00. The quantitative estimate of drug-likeness (QED) is 0.322. The van der Waals surface area contributed by atoms with Crippen molar-refractivity contribution < 1.29 is 27.0 Å². The summed E-state index contributed by atoms with van der Waals surface area (Å²) in [5.74, 6) is 5.98. The van der Waals surface area contributed by atoms with Gasteiger partial charge in [-0.25, -0.2) is 0 Å². The molecule has 0 saturated heterocycles. The number of methoxy groups -OCH3 is 1. The molecule has 0 atom stereocenters. The van der Waals surface area contributed by atoms with Gasteiger partial charge in [-0.05, 0) is 36.3 Å². The number of aromatic nitrogens is 1. The fraction of sp³-hybridized carbons (Fsp3) is 0.238. The molecule has 0 spiro atoms. The van der Waals surface area contributed by atoms with Crippen LogP contribution in [0, 0.1) is 11.8 Å². The first kappa shape index (κ1) is 22.7. The van der Waals surface area contributed by atoms with E-state index in [1.165, 1.54) is 19.4 Å². The van der Waals surface area contributed by atoms with Gasteiger partial charge in [0, 0.05) is 23.4 Å². The molecule has 0 aliphatic carbocycles. The van der Waals surface area contributed by atoms with Crippen molar-refractivity contribution in [1.29, 1.82) is 0 Å². The van der Waals surface area contributed by atoms with Gasteiger partial charge in [-0.2, -0.15) is 23.8 Å². The maximum Gasteiger partial charge on any atom is 0.406 e. The third-order valence-corrected chi connectivity index (χ3v) is 5.67. The standard InChI is InChI=1S/C21H22F3N3O3S/c1-30-20-12-15(31(2,28)29)8-9-18(20)26-10-4-5-14-11-16-17(25)6-3-7-19(16)27(14)13-21(22,23)24/h3,6-9,11-12,26,28-29H,10,13,25H2,1-2H3. The Bertz CT molecular complexity index is 1160. The highest BCUT2D eigenvalue weighted by Crippen LogP contribution is 2.46. The van der Waals surface area contributed by atoms with Gasteiger partial charge in [-0.3, -0.25) is 9.11 Å². The summed E-state index contributed by atoms with van der Waals surface area (Å²) < 4.78 is 65.1.